The van der Waals surface area contributed by atoms with Crippen LogP contribution in [0.4, 0.5) is 22.7 Å². The van der Waals surface area contributed by atoms with Crippen molar-refractivity contribution in [3.05, 3.63) is 72.5 Å². The first-order valence-corrected chi connectivity index (χ1v) is 14.2. The van der Waals surface area contributed by atoms with E-state index in [0.717, 1.165) is 11.4 Å². The molecule has 1 saturated heterocycles. The maximum Gasteiger partial charge on any atom is 0.274 e. The van der Waals surface area contributed by atoms with E-state index in [1.807, 2.05) is 43.3 Å². The van der Waals surface area contributed by atoms with E-state index >= 15 is 0 Å². The van der Waals surface area contributed by atoms with Crippen LogP contribution in [0.15, 0.2) is 92.9 Å². The molecule has 1 fully saturated rings. The standard InChI is InChI=1S/C25H27BIN5O5S/c1-32(2)21-11-7-19(8-12-21)30-28-17-3-5-18(6-4-17)29-31-20-9-13-22(14-10-20)38(33,34)35-16-24-23(37-27)15-25(26)36-24/h3-13,22-25H,14-16H2,1-2H3/t22?,23?,24-,25-/m1/s1. The molecule has 0 N–H and O–H groups in total. The van der Waals surface area contributed by atoms with Crippen molar-refractivity contribution in [1.82, 2.24) is 0 Å². The van der Waals surface area contributed by atoms with Gasteiger partial charge in [-0.2, -0.15) is 28.9 Å². The molecule has 0 bridgehead atoms. The van der Waals surface area contributed by atoms with Crippen LogP contribution in [0.2, 0.25) is 0 Å². The van der Waals surface area contributed by atoms with Crippen LogP contribution in [0.5, 0.6) is 0 Å². The smallest absolute Gasteiger partial charge is 0.274 e. The number of benzene rings is 2. The summed E-state index contributed by atoms with van der Waals surface area (Å²) in [5.74, 6) is 0. The number of hydrogen-bond donors (Lipinski definition) is 0. The predicted octanol–water partition coefficient (Wildman–Crippen LogP) is 5.83. The normalized spacial score (nSPS) is 23.8. The number of nitrogens with zero attached hydrogens (tertiary/aromatic N) is 5. The Balaban J connectivity index is 1.27. The summed E-state index contributed by atoms with van der Waals surface area (Å²) in [6.45, 7) is -0.150. The molecule has 0 saturated carbocycles. The van der Waals surface area contributed by atoms with Gasteiger partial charge in [0.1, 0.15) is 48.3 Å². The Morgan fingerprint density at radius 2 is 1.58 bits per heavy atom. The van der Waals surface area contributed by atoms with E-state index < -0.39 is 27.5 Å². The van der Waals surface area contributed by atoms with Gasteiger partial charge in [0.25, 0.3) is 10.1 Å². The minimum Gasteiger partial charge on any atom is -0.379 e. The van der Waals surface area contributed by atoms with E-state index in [1.165, 1.54) is 0 Å². The van der Waals surface area contributed by atoms with Crippen molar-refractivity contribution in [2.24, 2.45) is 20.5 Å². The summed E-state index contributed by atoms with van der Waals surface area (Å²) in [6.07, 6.45) is 4.72. The molecule has 10 nitrogen and oxygen atoms in total. The van der Waals surface area contributed by atoms with Gasteiger partial charge in [-0.1, -0.05) is 12.2 Å². The summed E-state index contributed by atoms with van der Waals surface area (Å²) in [5, 5.41) is 16.1. The minimum atomic E-state index is -3.85. The molecule has 2 unspecified atom stereocenters. The first-order chi connectivity index (χ1) is 18.2. The van der Waals surface area contributed by atoms with Crippen LogP contribution in [0, 0.1) is 0 Å². The molecule has 1 aliphatic heterocycles. The molecule has 0 spiro atoms. The fourth-order valence-electron chi connectivity index (χ4n) is 3.75. The molecule has 1 heterocycles. The van der Waals surface area contributed by atoms with E-state index in [2.05, 4.69) is 20.5 Å². The van der Waals surface area contributed by atoms with Gasteiger partial charge < -0.3 is 12.7 Å². The van der Waals surface area contributed by atoms with Crippen LogP contribution in [-0.2, 0) is 22.1 Å². The van der Waals surface area contributed by atoms with Crippen LogP contribution in [0.3, 0.4) is 0 Å². The molecular formula is C25H27BIN5O5S. The van der Waals surface area contributed by atoms with E-state index in [9.17, 15) is 8.42 Å². The Morgan fingerprint density at radius 1 is 1.00 bits per heavy atom. The van der Waals surface area contributed by atoms with Crippen molar-refractivity contribution in [3.63, 3.8) is 0 Å². The molecule has 2 radical (unpaired) electrons. The van der Waals surface area contributed by atoms with Gasteiger partial charge in [-0.3, -0.25) is 4.18 Å². The molecule has 4 atom stereocenters. The zero-order valence-corrected chi connectivity index (χ0v) is 23.9. The molecule has 38 heavy (non-hydrogen) atoms. The zero-order valence-electron chi connectivity index (χ0n) is 20.9. The second-order valence-electron chi connectivity index (χ2n) is 8.94. The Kier molecular flexibility index (Phi) is 9.82. The third-order valence-electron chi connectivity index (χ3n) is 5.93. The molecule has 1 aliphatic carbocycles. The largest absolute Gasteiger partial charge is 0.379 e. The van der Waals surface area contributed by atoms with Crippen molar-refractivity contribution in [3.8, 4) is 0 Å². The Labute approximate surface area is 238 Å². The molecule has 0 amide bonds. The van der Waals surface area contributed by atoms with E-state index in [0.29, 0.717) is 23.5 Å². The monoisotopic (exact) mass is 647 g/mol. The van der Waals surface area contributed by atoms with Crippen LogP contribution in [-0.4, -0.2) is 60.4 Å². The van der Waals surface area contributed by atoms with Crippen molar-refractivity contribution in [2.75, 3.05) is 25.6 Å². The van der Waals surface area contributed by atoms with E-state index in [-0.39, 0.29) is 19.1 Å². The van der Waals surface area contributed by atoms with Gasteiger partial charge >= 0.3 is 0 Å². The number of ether oxygens (including phenoxy) is 1. The van der Waals surface area contributed by atoms with Gasteiger partial charge in [-0.15, -0.1) is 0 Å². The fourth-order valence-corrected chi connectivity index (χ4v) is 5.39. The first-order valence-electron chi connectivity index (χ1n) is 11.9. The third kappa shape index (κ3) is 7.79. The zero-order chi connectivity index (χ0) is 27.1. The topological polar surface area (TPSA) is 115 Å². The maximum absolute atomic E-state index is 12.6. The number of anilines is 1. The minimum absolute atomic E-state index is 0.150. The first kappa shape index (κ1) is 28.6. The Morgan fingerprint density at radius 3 is 2.11 bits per heavy atom. The summed E-state index contributed by atoms with van der Waals surface area (Å²) in [5.41, 5.74) is 3.73. The highest BCUT2D eigenvalue weighted by molar-refractivity contribution is 14.1. The lowest BCUT2D eigenvalue weighted by Gasteiger charge is -2.19. The lowest BCUT2D eigenvalue weighted by molar-refractivity contribution is 0.0225. The summed E-state index contributed by atoms with van der Waals surface area (Å²) in [4.78, 5) is 2.02. The van der Waals surface area contributed by atoms with Crippen molar-refractivity contribution in [2.45, 2.75) is 36.3 Å². The van der Waals surface area contributed by atoms with Gasteiger partial charge in [0.2, 0.25) is 0 Å². The summed E-state index contributed by atoms with van der Waals surface area (Å²) >= 11 is 1.75. The predicted molar refractivity (Wildman–Crippen MR) is 154 cm³/mol. The molecule has 198 valence electrons. The highest BCUT2D eigenvalue weighted by Gasteiger charge is 2.36. The van der Waals surface area contributed by atoms with Gasteiger partial charge in [-0.05, 0) is 67.4 Å². The summed E-state index contributed by atoms with van der Waals surface area (Å²) < 4.78 is 41.2. The van der Waals surface area contributed by atoms with E-state index in [1.54, 1.807) is 65.5 Å². The second-order valence-corrected chi connectivity index (χ2v) is 11.3. The van der Waals surface area contributed by atoms with Crippen LogP contribution < -0.4 is 4.90 Å². The lowest BCUT2D eigenvalue weighted by atomic mass is 9.96. The van der Waals surface area contributed by atoms with Crippen LogP contribution >= 0.6 is 23.0 Å². The maximum atomic E-state index is 12.6. The number of azo groups is 2. The molecule has 2 aromatic rings. The van der Waals surface area contributed by atoms with Crippen LogP contribution in [0.25, 0.3) is 0 Å². The number of allylic oxidation sites excluding steroid dienone is 2. The molecular weight excluding hydrogens is 620 g/mol. The second kappa shape index (κ2) is 13.1. The summed E-state index contributed by atoms with van der Waals surface area (Å²) in [7, 11) is 5.87. The van der Waals surface area contributed by atoms with Crippen molar-refractivity contribution >= 4 is 63.7 Å². The highest BCUT2D eigenvalue weighted by atomic mass is 127. The number of hydrogen-bond acceptors (Lipinski definition) is 10. The van der Waals surface area contributed by atoms with Gasteiger partial charge in [0, 0.05) is 25.8 Å². The molecule has 2 aliphatic rings. The van der Waals surface area contributed by atoms with Crippen molar-refractivity contribution < 1.29 is 20.4 Å². The summed E-state index contributed by atoms with van der Waals surface area (Å²) in [6, 6.07) is 14.4. The molecule has 4 rings (SSSR count). The Bertz CT molecular complexity index is 1320. The van der Waals surface area contributed by atoms with Gasteiger partial charge in [-0.25, -0.2) is 0 Å². The van der Waals surface area contributed by atoms with Crippen LogP contribution in [0.1, 0.15) is 12.8 Å². The quantitative estimate of drug-likeness (QED) is 0.139. The number of halogens is 1. The molecule has 2 aromatic carbocycles. The molecule has 0 aromatic heterocycles. The number of rotatable bonds is 10. The SMILES string of the molecule is [B][C@H]1CC(OI)[C@@H](COS(=O)(=O)C2C=CC(N=Nc3ccc(N=Nc4ccc(N(C)C)cc4)cc3)=CC2)O1. The lowest BCUT2D eigenvalue weighted by Crippen LogP contribution is -2.31. The van der Waals surface area contributed by atoms with Gasteiger partial charge in [0.15, 0.2) is 0 Å². The average Bonchev–Trinajstić information content (AvgIpc) is 3.30. The highest BCUT2D eigenvalue weighted by Crippen LogP contribution is 2.27. The molecule has 13 heteroatoms. The van der Waals surface area contributed by atoms with E-state index in [4.69, 9.17) is 19.8 Å². The van der Waals surface area contributed by atoms with Crippen molar-refractivity contribution in [1.29, 1.82) is 0 Å². The van der Waals surface area contributed by atoms with Gasteiger partial charge in [0.05, 0.1) is 29.4 Å². The third-order valence-corrected chi connectivity index (χ3v) is 8.14. The Hall–Kier alpha value is -2.46. The fraction of sp³-hybridized carbons (Fsp3) is 0.360. The average molecular weight is 647 g/mol.